The fourth-order valence-electron chi connectivity index (χ4n) is 2.32. The molecule has 1 aromatic heterocycles. The minimum Gasteiger partial charge on any atom is -0.397 e. The summed E-state index contributed by atoms with van der Waals surface area (Å²) in [4.78, 5) is 19.1. The van der Waals surface area contributed by atoms with Gasteiger partial charge in [0.2, 0.25) is 0 Å². The van der Waals surface area contributed by atoms with Gasteiger partial charge in [-0.05, 0) is 25.0 Å². The molecule has 0 unspecified atom stereocenters. The molecule has 0 radical (unpaired) electrons. The van der Waals surface area contributed by atoms with Gasteiger partial charge >= 0.3 is 0 Å². The molecule has 92 valence electrons. The fraction of sp³-hybridized carbons (Fsp3) is 0.231. The van der Waals surface area contributed by atoms with Crippen molar-refractivity contribution >= 4 is 28.6 Å². The number of carbonyl (C=O) groups is 1. The first kappa shape index (κ1) is 11.2. The Kier molecular flexibility index (Phi) is 2.56. The maximum Gasteiger partial charge on any atom is 0.270 e. The number of para-hydroxylation sites is 1. The SMILES string of the molecule is Cc1ncsc1C(=O)N1CCc2cccc(N)c21. The lowest BCUT2D eigenvalue weighted by atomic mass is 10.1. The summed E-state index contributed by atoms with van der Waals surface area (Å²) >= 11 is 1.38. The maximum absolute atomic E-state index is 12.5. The van der Waals surface area contributed by atoms with Gasteiger partial charge in [-0.1, -0.05) is 12.1 Å². The molecule has 4 nitrogen and oxygen atoms in total. The van der Waals surface area contributed by atoms with Crippen LogP contribution in [0.3, 0.4) is 0 Å². The molecule has 1 aromatic carbocycles. The summed E-state index contributed by atoms with van der Waals surface area (Å²) in [6, 6.07) is 5.79. The zero-order chi connectivity index (χ0) is 12.7. The Morgan fingerprint density at radius 3 is 3.06 bits per heavy atom. The summed E-state index contributed by atoms with van der Waals surface area (Å²) in [6.45, 7) is 2.55. The number of carbonyl (C=O) groups excluding carboxylic acids is 1. The molecule has 0 fully saturated rings. The molecule has 1 aliphatic heterocycles. The van der Waals surface area contributed by atoms with Gasteiger partial charge in [-0.25, -0.2) is 4.98 Å². The van der Waals surface area contributed by atoms with Crippen LogP contribution in [0.1, 0.15) is 20.9 Å². The summed E-state index contributed by atoms with van der Waals surface area (Å²) < 4.78 is 0. The maximum atomic E-state index is 12.5. The molecule has 0 spiro atoms. The van der Waals surface area contributed by atoms with E-state index in [1.54, 1.807) is 10.4 Å². The van der Waals surface area contributed by atoms with Crippen LogP contribution in [0, 0.1) is 6.92 Å². The van der Waals surface area contributed by atoms with Crippen LogP contribution >= 0.6 is 11.3 Å². The van der Waals surface area contributed by atoms with Crippen molar-refractivity contribution in [2.45, 2.75) is 13.3 Å². The van der Waals surface area contributed by atoms with Crippen molar-refractivity contribution in [2.24, 2.45) is 0 Å². The van der Waals surface area contributed by atoms with Crippen LogP contribution in [-0.4, -0.2) is 17.4 Å². The second-order valence-corrected chi connectivity index (χ2v) is 5.18. The standard InChI is InChI=1S/C13H13N3OS/c1-8-12(18-7-15-8)13(17)16-6-5-9-3-2-4-10(14)11(9)16/h2-4,7H,5-6,14H2,1H3. The molecule has 5 heteroatoms. The van der Waals surface area contributed by atoms with Gasteiger partial charge in [0.05, 0.1) is 22.6 Å². The molecule has 0 bridgehead atoms. The summed E-state index contributed by atoms with van der Waals surface area (Å²) in [5, 5.41) is 0. The van der Waals surface area contributed by atoms with Crippen LogP contribution in [0.15, 0.2) is 23.7 Å². The quantitative estimate of drug-likeness (QED) is 0.799. The highest BCUT2D eigenvalue weighted by Crippen LogP contribution is 2.35. The van der Waals surface area contributed by atoms with Crippen molar-refractivity contribution in [1.82, 2.24) is 4.98 Å². The Bertz CT molecular complexity index is 620. The smallest absolute Gasteiger partial charge is 0.270 e. The van der Waals surface area contributed by atoms with Gasteiger partial charge in [0.15, 0.2) is 0 Å². The average Bonchev–Trinajstić information content (AvgIpc) is 2.95. The summed E-state index contributed by atoms with van der Waals surface area (Å²) in [7, 11) is 0. The number of fused-ring (bicyclic) bond motifs is 1. The number of anilines is 2. The molecule has 0 saturated carbocycles. The molecule has 3 rings (SSSR count). The van der Waals surface area contributed by atoms with E-state index in [0.717, 1.165) is 23.4 Å². The number of nitrogens with zero attached hydrogens (tertiary/aromatic N) is 2. The van der Waals surface area contributed by atoms with Crippen LogP contribution in [0.2, 0.25) is 0 Å². The molecule has 2 N–H and O–H groups in total. The van der Waals surface area contributed by atoms with E-state index in [1.165, 1.54) is 11.3 Å². The highest BCUT2D eigenvalue weighted by atomic mass is 32.1. The fourth-order valence-corrected chi connectivity index (χ4v) is 3.07. The van der Waals surface area contributed by atoms with Crippen LogP contribution < -0.4 is 10.6 Å². The lowest BCUT2D eigenvalue weighted by Crippen LogP contribution is -2.29. The molecule has 18 heavy (non-hydrogen) atoms. The Labute approximate surface area is 109 Å². The highest BCUT2D eigenvalue weighted by molar-refractivity contribution is 7.12. The topological polar surface area (TPSA) is 59.2 Å². The minimum atomic E-state index is 0.00616. The first-order valence-corrected chi connectivity index (χ1v) is 6.66. The van der Waals surface area contributed by atoms with E-state index in [2.05, 4.69) is 4.98 Å². The summed E-state index contributed by atoms with van der Waals surface area (Å²) in [5.74, 6) is 0.00616. The average molecular weight is 259 g/mol. The van der Waals surface area contributed by atoms with Crippen molar-refractivity contribution in [2.75, 3.05) is 17.2 Å². The highest BCUT2D eigenvalue weighted by Gasteiger charge is 2.28. The molecule has 2 heterocycles. The number of aromatic nitrogens is 1. The summed E-state index contributed by atoms with van der Waals surface area (Å²) in [5.41, 5.74) is 11.2. The van der Waals surface area contributed by atoms with E-state index >= 15 is 0 Å². The van der Waals surface area contributed by atoms with Crippen molar-refractivity contribution in [3.05, 3.63) is 39.8 Å². The lowest BCUT2D eigenvalue weighted by molar-refractivity contribution is 0.0992. The van der Waals surface area contributed by atoms with Crippen LogP contribution in [0.4, 0.5) is 11.4 Å². The van der Waals surface area contributed by atoms with Crippen molar-refractivity contribution in [1.29, 1.82) is 0 Å². The number of rotatable bonds is 1. The largest absolute Gasteiger partial charge is 0.397 e. The Balaban J connectivity index is 2.03. The Morgan fingerprint density at radius 1 is 1.50 bits per heavy atom. The zero-order valence-corrected chi connectivity index (χ0v) is 10.8. The predicted molar refractivity (Wildman–Crippen MR) is 73.1 cm³/mol. The Hall–Kier alpha value is -1.88. The van der Waals surface area contributed by atoms with Crippen LogP contribution in [0.25, 0.3) is 0 Å². The van der Waals surface area contributed by atoms with E-state index in [0.29, 0.717) is 17.1 Å². The molecular formula is C13H13N3OS. The number of nitrogen functional groups attached to an aromatic ring is 1. The number of amides is 1. The normalized spacial score (nSPS) is 13.7. The van der Waals surface area contributed by atoms with E-state index in [-0.39, 0.29) is 5.91 Å². The second kappa shape index (κ2) is 4.10. The number of hydrogen-bond acceptors (Lipinski definition) is 4. The third-order valence-electron chi connectivity index (χ3n) is 3.21. The molecule has 0 aliphatic carbocycles. The Morgan fingerprint density at radius 2 is 2.33 bits per heavy atom. The number of benzene rings is 1. The molecule has 1 aliphatic rings. The lowest BCUT2D eigenvalue weighted by Gasteiger charge is -2.18. The van der Waals surface area contributed by atoms with Gasteiger partial charge < -0.3 is 10.6 Å². The van der Waals surface area contributed by atoms with Crippen molar-refractivity contribution in [3.8, 4) is 0 Å². The van der Waals surface area contributed by atoms with Crippen LogP contribution in [-0.2, 0) is 6.42 Å². The number of nitrogens with two attached hydrogens (primary N) is 1. The first-order chi connectivity index (χ1) is 8.68. The van der Waals surface area contributed by atoms with E-state index in [1.807, 2.05) is 25.1 Å². The predicted octanol–water partition coefficient (Wildman–Crippen LogP) is 2.24. The number of aryl methyl sites for hydroxylation is 1. The number of hydrogen-bond donors (Lipinski definition) is 1. The molecule has 0 atom stereocenters. The van der Waals surface area contributed by atoms with Crippen molar-refractivity contribution < 1.29 is 4.79 Å². The minimum absolute atomic E-state index is 0.00616. The molecule has 2 aromatic rings. The van der Waals surface area contributed by atoms with Gasteiger partial charge in [0.1, 0.15) is 4.88 Å². The van der Waals surface area contributed by atoms with E-state index < -0.39 is 0 Å². The monoisotopic (exact) mass is 259 g/mol. The van der Waals surface area contributed by atoms with E-state index in [9.17, 15) is 4.79 Å². The van der Waals surface area contributed by atoms with Gasteiger partial charge in [0.25, 0.3) is 5.91 Å². The van der Waals surface area contributed by atoms with Gasteiger partial charge in [-0.15, -0.1) is 11.3 Å². The molecular weight excluding hydrogens is 246 g/mol. The van der Waals surface area contributed by atoms with Crippen molar-refractivity contribution in [3.63, 3.8) is 0 Å². The third-order valence-corrected chi connectivity index (χ3v) is 4.13. The first-order valence-electron chi connectivity index (χ1n) is 5.78. The van der Waals surface area contributed by atoms with Gasteiger partial charge in [-0.2, -0.15) is 0 Å². The molecule has 1 amide bonds. The van der Waals surface area contributed by atoms with Gasteiger partial charge in [0, 0.05) is 6.54 Å². The summed E-state index contributed by atoms with van der Waals surface area (Å²) in [6.07, 6.45) is 0.865. The van der Waals surface area contributed by atoms with Gasteiger partial charge in [-0.3, -0.25) is 4.79 Å². The molecule has 0 saturated heterocycles. The van der Waals surface area contributed by atoms with E-state index in [4.69, 9.17) is 5.73 Å². The zero-order valence-electron chi connectivity index (χ0n) is 10.0. The number of thiazole rings is 1. The second-order valence-electron chi connectivity index (χ2n) is 4.33. The van der Waals surface area contributed by atoms with Crippen LogP contribution in [0.5, 0.6) is 0 Å². The third kappa shape index (κ3) is 1.59.